The van der Waals surface area contributed by atoms with Crippen molar-refractivity contribution in [1.29, 1.82) is 0 Å². The first-order valence-corrected chi connectivity index (χ1v) is 3.88. The lowest BCUT2D eigenvalue weighted by Gasteiger charge is -2.09. The highest BCUT2D eigenvalue weighted by molar-refractivity contribution is 6.01. The standard InChI is InChI=1S/C7H15N3O2/c1-3-4-9-7(11)5(2)6(8)10-12/h5,12H,3-4H2,1-2H3,(H2,8,10)(H,9,11). The average Bonchev–Trinajstić information content (AvgIpc) is 2.11. The van der Waals surface area contributed by atoms with Crippen molar-refractivity contribution in [2.24, 2.45) is 16.8 Å². The van der Waals surface area contributed by atoms with Gasteiger partial charge in [0.05, 0.1) is 5.92 Å². The van der Waals surface area contributed by atoms with Crippen LogP contribution in [0.5, 0.6) is 0 Å². The van der Waals surface area contributed by atoms with E-state index in [1.807, 2.05) is 6.92 Å². The summed E-state index contributed by atoms with van der Waals surface area (Å²) in [6.45, 7) is 4.15. The van der Waals surface area contributed by atoms with E-state index in [1.165, 1.54) is 0 Å². The molecule has 0 aliphatic rings. The minimum absolute atomic E-state index is 0.0661. The Bertz CT molecular complexity index is 179. The summed E-state index contributed by atoms with van der Waals surface area (Å²) >= 11 is 0. The number of nitrogens with two attached hydrogens (primary N) is 1. The van der Waals surface area contributed by atoms with Crippen LogP contribution in [0.25, 0.3) is 0 Å². The second-order valence-electron chi connectivity index (χ2n) is 2.54. The Morgan fingerprint density at radius 2 is 2.33 bits per heavy atom. The van der Waals surface area contributed by atoms with Gasteiger partial charge in [0.15, 0.2) is 5.84 Å². The van der Waals surface area contributed by atoms with Crippen LogP contribution in [-0.2, 0) is 4.79 Å². The molecule has 0 aromatic rings. The number of amidine groups is 1. The molecule has 1 atom stereocenters. The van der Waals surface area contributed by atoms with Gasteiger partial charge in [-0.25, -0.2) is 0 Å². The maximum absolute atomic E-state index is 11.1. The fourth-order valence-electron chi connectivity index (χ4n) is 0.622. The predicted octanol–water partition coefficient (Wildman–Crippen LogP) is -0.105. The maximum atomic E-state index is 11.1. The number of rotatable bonds is 4. The van der Waals surface area contributed by atoms with Gasteiger partial charge in [-0.3, -0.25) is 4.79 Å². The van der Waals surface area contributed by atoms with Crippen molar-refractivity contribution in [2.45, 2.75) is 20.3 Å². The van der Waals surface area contributed by atoms with Crippen molar-refractivity contribution in [1.82, 2.24) is 5.32 Å². The van der Waals surface area contributed by atoms with Gasteiger partial charge in [-0.15, -0.1) is 0 Å². The van der Waals surface area contributed by atoms with Gasteiger partial charge >= 0.3 is 0 Å². The number of hydrogen-bond donors (Lipinski definition) is 3. The molecule has 0 heterocycles. The zero-order valence-electron chi connectivity index (χ0n) is 7.37. The molecule has 1 amide bonds. The fraction of sp³-hybridized carbons (Fsp3) is 0.714. The number of amides is 1. The van der Waals surface area contributed by atoms with Gasteiger partial charge in [0.25, 0.3) is 0 Å². The van der Waals surface area contributed by atoms with E-state index in [2.05, 4.69) is 10.5 Å². The van der Waals surface area contributed by atoms with E-state index in [9.17, 15) is 4.79 Å². The maximum Gasteiger partial charge on any atom is 0.230 e. The normalized spacial score (nSPS) is 14.0. The summed E-state index contributed by atoms with van der Waals surface area (Å²) in [7, 11) is 0. The molecule has 0 saturated carbocycles. The molecule has 0 aromatic carbocycles. The Balaban J connectivity index is 3.93. The van der Waals surface area contributed by atoms with Gasteiger partial charge in [0.1, 0.15) is 0 Å². The molecular formula is C7H15N3O2. The van der Waals surface area contributed by atoms with Gasteiger partial charge < -0.3 is 16.3 Å². The Labute approximate surface area is 71.6 Å². The van der Waals surface area contributed by atoms with Crippen LogP contribution < -0.4 is 11.1 Å². The quantitative estimate of drug-likeness (QED) is 0.240. The van der Waals surface area contributed by atoms with Crippen LogP contribution in [0.3, 0.4) is 0 Å². The molecule has 70 valence electrons. The summed E-state index contributed by atoms with van der Waals surface area (Å²) < 4.78 is 0. The van der Waals surface area contributed by atoms with E-state index in [-0.39, 0.29) is 11.7 Å². The van der Waals surface area contributed by atoms with Gasteiger partial charge in [0.2, 0.25) is 5.91 Å². The molecule has 5 heteroatoms. The molecule has 0 fully saturated rings. The number of nitrogens with one attached hydrogen (secondary N) is 1. The van der Waals surface area contributed by atoms with Gasteiger partial charge in [-0.1, -0.05) is 12.1 Å². The number of carbonyl (C=O) groups excluding carboxylic acids is 1. The van der Waals surface area contributed by atoms with E-state index in [4.69, 9.17) is 10.9 Å². The molecule has 4 N–H and O–H groups in total. The van der Waals surface area contributed by atoms with Crippen molar-refractivity contribution in [2.75, 3.05) is 6.54 Å². The lowest BCUT2D eigenvalue weighted by atomic mass is 10.1. The minimum atomic E-state index is -0.568. The first-order chi connectivity index (χ1) is 5.63. The highest BCUT2D eigenvalue weighted by Gasteiger charge is 2.16. The van der Waals surface area contributed by atoms with E-state index in [0.29, 0.717) is 6.54 Å². The lowest BCUT2D eigenvalue weighted by Crippen LogP contribution is -2.37. The summed E-state index contributed by atoms with van der Waals surface area (Å²) in [5.74, 6) is -0.850. The number of oxime groups is 1. The molecule has 0 rings (SSSR count). The summed E-state index contributed by atoms with van der Waals surface area (Å²) in [5, 5.41) is 13.7. The van der Waals surface area contributed by atoms with Crippen LogP contribution in [0, 0.1) is 5.92 Å². The highest BCUT2D eigenvalue weighted by atomic mass is 16.4. The third-order valence-electron chi connectivity index (χ3n) is 1.50. The fourth-order valence-corrected chi connectivity index (χ4v) is 0.622. The summed E-state index contributed by atoms with van der Waals surface area (Å²) in [6, 6.07) is 0. The third-order valence-corrected chi connectivity index (χ3v) is 1.50. The SMILES string of the molecule is CCCNC(=O)C(C)C(N)=NO. The van der Waals surface area contributed by atoms with E-state index >= 15 is 0 Å². The van der Waals surface area contributed by atoms with Crippen LogP contribution in [0.1, 0.15) is 20.3 Å². The first kappa shape index (κ1) is 10.7. The molecule has 0 aliphatic carbocycles. The molecule has 0 aliphatic heterocycles. The van der Waals surface area contributed by atoms with Crippen molar-refractivity contribution >= 4 is 11.7 Å². The molecule has 0 aromatic heterocycles. The van der Waals surface area contributed by atoms with Gasteiger partial charge in [0, 0.05) is 6.54 Å². The number of hydrogen-bond acceptors (Lipinski definition) is 3. The zero-order chi connectivity index (χ0) is 9.56. The second kappa shape index (κ2) is 5.40. The Morgan fingerprint density at radius 3 is 2.75 bits per heavy atom. The summed E-state index contributed by atoms with van der Waals surface area (Å²) in [6.07, 6.45) is 0.870. The largest absolute Gasteiger partial charge is 0.409 e. The third kappa shape index (κ3) is 3.23. The van der Waals surface area contributed by atoms with E-state index in [0.717, 1.165) is 6.42 Å². The molecule has 1 unspecified atom stereocenters. The number of carbonyl (C=O) groups is 1. The van der Waals surface area contributed by atoms with Crippen LogP contribution in [0.4, 0.5) is 0 Å². The smallest absolute Gasteiger partial charge is 0.230 e. The van der Waals surface area contributed by atoms with Crippen LogP contribution >= 0.6 is 0 Å². The van der Waals surface area contributed by atoms with Crippen molar-refractivity contribution in [3.8, 4) is 0 Å². The number of nitrogens with zero attached hydrogens (tertiary/aromatic N) is 1. The van der Waals surface area contributed by atoms with E-state index < -0.39 is 5.92 Å². The zero-order valence-corrected chi connectivity index (χ0v) is 7.37. The van der Waals surface area contributed by atoms with Crippen molar-refractivity contribution in [3.63, 3.8) is 0 Å². The minimum Gasteiger partial charge on any atom is -0.409 e. The Kier molecular flexibility index (Phi) is 4.83. The molecular weight excluding hydrogens is 158 g/mol. The molecule has 5 nitrogen and oxygen atoms in total. The van der Waals surface area contributed by atoms with E-state index in [1.54, 1.807) is 6.92 Å². The van der Waals surface area contributed by atoms with Crippen LogP contribution in [0.15, 0.2) is 5.16 Å². The van der Waals surface area contributed by atoms with Crippen molar-refractivity contribution in [3.05, 3.63) is 0 Å². The van der Waals surface area contributed by atoms with Crippen LogP contribution in [-0.4, -0.2) is 23.5 Å². The van der Waals surface area contributed by atoms with Gasteiger partial charge in [-0.05, 0) is 13.3 Å². The Morgan fingerprint density at radius 1 is 1.75 bits per heavy atom. The highest BCUT2D eigenvalue weighted by Crippen LogP contribution is 1.94. The van der Waals surface area contributed by atoms with Crippen LogP contribution in [0.2, 0.25) is 0 Å². The second-order valence-corrected chi connectivity index (χ2v) is 2.54. The molecule has 0 spiro atoms. The van der Waals surface area contributed by atoms with Crippen molar-refractivity contribution < 1.29 is 10.0 Å². The topological polar surface area (TPSA) is 87.7 Å². The lowest BCUT2D eigenvalue weighted by molar-refractivity contribution is -0.122. The molecule has 12 heavy (non-hydrogen) atoms. The summed E-state index contributed by atoms with van der Waals surface area (Å²) in [4.78, 5) is 11.1. The molecule has 0 saturated heterocycles. The van der Waals surface area contributed by atoms with Gasteiger partial charge in [-0.2, -0.15) is 0 Å². The average molecular weight is 173 g/mol. The molecule has 0 bridgehead atoms. The molecule has 0 radical (unpaired) electrons. The monoisotopic (exact) mass is 173 g/mol. The summed E-state index contributed by atoms with van der Waals surface area (Å²) in [5.41, 5.74) is 5.23. The Hall–Kier alpha value is -1.26. The predicted molar refractivity (Wildman–Crippen MR) is 45.9 cm³/mol. The first-order valence-electron chi connectivity index (χ1n) is 3.88.